The number of amides is 1. The van der Waals surface area contributed by atoms with Crippen molar-refractivity contribution in [3.05, 3.63) is 77.0 Å². The molecule has 1 amide bonds. The predicted octanol–water partition coefficient (Wildman–Crippen LogP) is 3.46. The summed E-state index contributed by atoms with van der Waals surface area (Å²) < 4.78 is 0. The number of hydrazone groups is 1. The highest BCUT2D eigenvalue weighted by atomic mass is 16.2. The minimum Gasteiger partial charge on any atom is -0.272 e. The Hall–Kier alpha value is -3.21. The third kappa shape index (κ3) is 3.57. The standard InChI is InChI=1S/C19H18N4O/c1-13-8-9-16(10-14(13)2)17-11-18(22-21-17)19(24)23-20-12-15-6-4-3-5-7-15/h3-12H,1-2H3,(H,21,22)(H,23,24)/b20-12+. The Morgan fingerprint density at radius 1 is 1.08 bits per heavy atom. The number of aromatic nitrogens is 2. The number of carbonyl (C=O) groups is 1. The average Bonchev–Trinajstić information content (AvgIpc) is 3.08. The summed E-state index contributed by atoms with van der Waals surface area (Å²) in [6.07, 6.45) is 1.60. The molecule has 0 fully saturated rings. The van der Waals surface area contributed by atoms with E-state index in [1.165, 1.54) is 11.1 Å². The van der Waals surface area contributed by atoms with E-state index >= 15 is 0 Å². The molecule has 0 saturated heterocycles. The zero-order valence-corrected chi connectivity index (χ0v) is 13.6. The number of carbonyl (C=O) groups excluding carboxylic acids is 1. The molecule has 5 nitrogen and oxygen atoms in total. The SMILES string of the molecule is Cc1ccc(-c2cc(C(=O)N/N=C/c3ccccc3)[nH]n2)cc1C. The Bertz CT molecular complexity index is 881. The summed E-state index contributed by atoms with van der Waals surface area (Å²) in [6.45, 7) is 4.12. The lowest BCUT2D eigenvalue weighted by Gasteiger charge is -2.01. The Kier molecular flexibility index (Phi) is 4.52. The van der Waals surface area contributed by atoms with E-state index in [1.807, 2.05) is 42.5 Å². The van der Waals surface area contributed by atoms with Crippen molar-refractivity contribution in [3.8, 4) is 11.3 Å². The van der Waals surface area contributed by atoms with E-state index in [0.717, 1.165) is 16.8 Å². The highest BCUT2D eigenvalue weighted by Crippen LogP contribution is 2.20. The van der Waals surface area contributed by atoms with E-state index in [0.29, 0.717) is 5.69 Å². The smallest absolute Gasteiger partial charge is 0.272 e. The first kappa shape index (κ1) is 15.7. The van der Waals surface area contributed by atoms with Crippen LogP contribution in [0.4, 0.5) is 0 Å². The van der Waals surface area contributed by atoms with Crippen LogP contribution < -0.4 is 5.43 Å². The molecule has 0 aliphatic heterocycles. The van der Waals surface area contributed by atoms with Gasteiger partial charge in [-0.25, -0.2) is 5.43 Å². The molecule has 0 atom stereocenters. The predicted molar refractivity (Wildman–Crippen MR) is 95.0 cm³/mol. The topological polar surface area (TPSA) is 70.1 Å². The van der Waals surface area contributed by atoms with Crippen molar-refractivity contribution in [2.75, 3.05) is 0 Å². The van der Waals surface area contributed by atoms with Crippen molar-refractivity contribution in [2.45, 2.75) is 13.8 Å². The number of aryl methyl sites for hydroxylation is 2. The van der Waals surface area contributed by atoms with Gasteiger partial charge in [0, 0.05) is 5.56 Å². The van der Waals surface area contributed by atoms with Gasteiger partial charge in [0.25, 0.3) is 5.91 Å². The van der Waals surface area contributed by atoms with Crippen molar-refractivity contribution in [3.63, 3.8) is 0 Å². The molecule has 3 aromatic rings. The second kappa shape index (κ2) is 6.91. The summed E-state index contributed by atoms with van der Waals surface area (Å²) in [6, 6.07) is 17.4. The fourth-order valence-corrected chi connectivity index (χ4v) is 2.25. The Balaban J connectivity index is 1.69. The van der Waals surface area contributed by atoms with Gasteiger partial charge in [-0.3, -0.25) is 9.89 Å². The summed E-state index contributed by atoms with van der Waals surface area (Å²) in [5, 5.41) is 10.9. The van der Waals surface area contributed by atoms with Crippen molar-refractivity contribution in [2.24, 2.45) is 5.10 Å². The van der Waals surface area contributed by atoms with Gasteiger partial charge in [0.05, 0.1) is 11.9 Å². The number of H-pyrrole nitrogens is 1. The lowest BCUT2D eigenvalue weighted by atomic mass is 10.0. The Morgan fingerprint density at radius 2 is 1.88 bits per heavy atom. The molecule has 2 N–H and O–H groups in total. The quantitative estimate of drug-likeness (QED) is 0.571. The first-order valence-electron chi connectivity index (χ1n) is 7.65. The summed E-state index contributed by atoms with van der Waals surface area (Å²) in [7, 11) is 0. The maximum Gasteiger partial charge on any atom is 0.289 e. The normalized spacial score (nSPS) is 10.9. The Labute approximate surface area is 140 Å². The second-order valence-corrected chi connectivity index (χ2v) is 5.58. The van der Waals surface area contributed by atoms with Gasteiger partial charge in [-0.1, -0.05) is 42.5 Å². The third-order valence-corrected chi connectivity index (χ3v) is 3.80. The number of benzene rings is 2. The first-order chi connectivity index (χ1) is 11.6. The van der Waals surface area contributed by atoms with Crippen LogP contribution >= 0.6 is 0 Å². The van der Waals surface area contributed by atoms with E-state index in [4.69, 9.17) is 0 Å². The highest BCUT2D eigenvalue weighted by Gasteiger charge is 2.10. The highest BCUT2D eigenvalue weighted by molar-refractivity contribution is 5.94. The van der Waals surface area contributed by atoms with Crippen molar-refractivity contribution >= 4 is 12.1 Å². The maximum absolute atomic E-state index is 12.1. The van der Waals surface area contributed by atoms with Crippen LogP contribution in [0.1, 0.15) is 27.2 Å². The van der Waals surface area contributed by atoms with Gasteiger partial charge >= 0.3 is 0 Å². The number of rotatable bonds is 4. The van der Waals surface area contributed by atoms with Gasteiger partial charge < -0.3 is 0 Å². The van der Waals surface area contributed by atoms with Gasteiger partial charge in [-0.15, -0.1) is 0 Å². The van der Waals surface area contributed by atoms with Crippen LogP contribution in [0.3, 0.4) is 0 Å². The van der Waals surface area contributed by atoms with Gasteiger partial charge in [0.2, 0.25) is 0 Å². The van der Waals surface area contributed by atoms with Gasteiger partial charge in [0.15, 0.2) is 0 Å². The minimum atomic E-state index is -0.329. The number of nitrogens with one attached hydrogen (secondary N) is 2. The van der Waals surface area contributed by atoms with E-state index in [-0.39, 0.29) is 5.91 Å². The monoisotopic (exact) mass is 318 g/mol. The molecular formula is C19H18N4O. The summed E-state index contributed by atoms with van der Waals surface area (Å²) in [4.78, 5) is 12.1. The molecule has 120 valence electrons. The fourth-order valence-electron chi connectivity index (χ4n) is 2.25. The molecule has 0 bridgehead atoms. The number of aromatic amines is 1. The minimum absolute atomic E-state index is 0.329. The van der Waals surface area contributed by atoms with E-state index in [2.05, 4.69) is 40.6 Å². The molecule has 0 saturated carbocycles. The van der Waals surface area contributed by atoms with E-state index in [1.54, 1.807) is 12.3 Å². The number of nitrogens with zero attached hydrogens (tertiary/aromatic N) is 2. The summed E-state index contributed by atoms with van der Waals surface area (Å²) in [5.41, 5.74) is 7.89. The largest absolute Gasteiger partial charge is 0.289 e. The average molecular weight is 318 g/mol. The molecule has 0 unspecified atom stereocenters. The number of hydrogen-bond donors (Lipinski definition) is 2. The Morgan fingerprint density at radius 3 is 2.62 bits per heavy atom. The molecule has 24 heavy (non-hydrogen) atoms. The van der Waals surface area contributed by atoms with Crippen LogP contribution in [-0.4, -0.2) is 22.3 Å². The molecule has 3 rings (SSSR count). The molecule has 2 aromatic carbocycles. The van der Waals surface area contributed by atoms with Crippen LogP contribution in [0, 0.1) is 13.8 Å². The van der Waals surface area contributed by atoms with Crippen molar-refractivity contribution in [1.29, 1.82) is 0 Å². The van der Waals surface area contributed by atoms with Crippen LogP contribution in [0.2, 0.25) is 0 Å². The van der Waals surface area contributed by atoms with Crippen LogP contribution in [0.15, 0.2) is 59.7 Å². The fraction of sp³-hybridized carbons (Fsp3) is 0.105. The molecule has 0 spiro atoms. The lowest BCUT2D eigenvalue weighted by molar-refractivity contribution is 0.0950. The summed E-state index contributed by atoms with van der Waals surface area (Å²) in [5.74, 6) is -0.329. The maximum atomic E-state index is 12.1. The van der Waals surface area contributed by atoms with Crippen LogP contribution in [-0.2, 0) is 0 Å². The summed E-state index contributed by atoms with van der Waals surface area (Å²) >= 11 is 0. The van der Waals surface area contributed by atoms with E-state index in [9.17, 15) is 4.79 Å². The van der Waals surface area contributed by atoms with Crippen molar-refractivity contribution in [1.82, 2.24) is 15.6 Å². The molecule has 5 heteroatoms. The lowest BCUT2D eigenvalue weighted by Crippen LogP contribution is -2.17. The van der Waals surface area contributed by atoms with Gasteiger partial charge in [-0.05, 0) is 42.7 Å². The second-order valence-electron chi connectivity index (χ2n) is 5.58. The number of hydrogen-bond acceptors (Lipinski definition) is 3. The van der Waals surface area contributed by atoms with Crippen LogP contribution in [0.5, 0.6) is 0 Å². The molecule has 0 aliphatic rings. The first-order valence-corrected chi connectivity index (χ1v) is 7.65. The van der Waals surface area contributed by atoms with Crippen LogP contribution in [0.25, 0.3) is 11.3 Å². The zero-order valence-electron chi connectivity index (χ0n) is 13.6. The van der Waals surface area contributed by atoms with Crippen molar-refractivity contribution < 1.29 is 4.79 Å². The zero-order chi connectivity index (χ0) is 16.9. The molecule has 1 heterocycles. The molecule has 0 radical (unpaired) electrons. The van der Waals surface area contributed by atoms with Gasteiger partial charge in [0.1, 0.15) is 5.69 Å². The molecular weight excluding hydrogens is 300 g/mol. The molecule has 0 aliphatic carbocycles. The van der Waals surface area contributed by atoms with E-state index < -0.39 is 0 Å². The van der Waals surface area contributed by atoms with Gasteiger partial charge in [-0.2, -0.15) is 10.2 Å². The third-order valence-electron chi connectivity index (χ3n) is 3.80. The molecule has 1 aromatic heterocycles.